The number of para-hydroxylation sites is 2. The molecular formula is C13H10N2O3. The monoisotopic (exact) mass is 242 g/mol. The van der Waals surface area contributed by atoms with Crippen molar-refractivity contribution in [1.29, 1.82) is 0 Å². The largest absolute Gasteiger partial charge is 0.420 e. The highest BCUT2D eigenvalue weighted by Gasteiger charge is 2.09. The van der Waals surface area contributed by atoms with Gasteiger partial charge < -0.3 is 9.47 Å². The third kappa shape index (κ3) is 2.91. The van der Waals surface area contributed by atoms with E-state index in [4.69, 9.17) is 9.47 Å². The number of carbonyl (C=O) groups excluding carboxylic acids is 1. The normalized spacial score (nSPS) is 9.56. The van der Waals surface area contributed by atoms with Crippen molar-refractivity contribution in [2.75, 3.05) is 0 Å². The van der Waals surface area contributed by atoms with Crippen molar-refractivity contribution in [3.05, 3.63) is 55.4 Å². The predicted octanol–water partition coefficient (Wildman–Crippen LogP) is 2.36. The van der Waals surface area contributed by atoms with Crippen LogP contribution in [-0.2, 0) is 4.79 Å². The van der Waals surface area contributed by atoms with Gasteiger partial charge in [0.05, 0.1) is 0 Å². The first kappa shape index (κ1) is 11.8. The Bertz CT molecular complexity index is 555. The molecule has 0 aliphatic rings. The Morgan fingerprint density at radius 3 is 2.44 bits per heavy atom. The number of ether oxygens (including phenoxy) is 2. The minimum absolute atomic E-state index is 0.180. The third-order valence-electron chi connectivity index (χ3n) is 1.97. The molecule has 0 saturated carbocycles. The number of aromatic nitrogens is 2. The Balaban J connectivity index is 2.22. The summed E-state index contributed by atoms with van der Waals surface area (Å²) in [6.07, 6.45) is 4.19. The van der Waals surface area contributed by atoms with Gasteiger partial charge in [-0.3, -0.25) is 0 Å². The summed E-state index contributed by atoms with van der Waals surface area (Å²) in [6.45, 7) is 3.33. The van der Waals surface area contributed by atoms with E-state index in [-0.39, 0.29) is 11.8 Å². The van der Waals surface area contributed by atoms with Crippen molar-refractivity contribution in [2.24, 2.45) is 0 Å². The molecule has 0 amide bonds. The highest BCUT2D eigenvalue weighted by atomic mass is 16.6. The second-order valence-electron chi connectivity index (χ2n) is 3.21. The lowest BCUT2D eigenvalue weighted by Crippen LogP contribution is -2.04. The van der Waals surface area contributed by atoms with Crippen molar-refractivity contribution in [2.45, 2.75) is 0 Å². The summed E-state index contributed by atoms with van der Waals surface area (Å²) in [4.78, 5) is 19.0. The topological polar surface area (TPSA) is 61.3 Å². The maximum atomic E-state index is 11.2. The van der Waals surface area contributed by atoms with Gasteiger partial charge in [-0.05, 0) is 18.2 Å². The quantitative estimate of drug-likeness (QED) is 0.468. The molecule has 2 rings (SSSR count). The van der Waals surface area contributed by atoms with Crippen LogP contribution in [0.1, 0.15) is 0 Å². The van der Waals surface area contributed by atoms with Crippen molar-refractivity contribution >= 4 is 5.97 Å². The fourth-order valence-electron chi connectivity index (χ4n) is 1.21. The fraction of sp³-hybridized carbons (Fsp3) is 0. The van der Waals surface area contributed by atoms with Gasteiger partial charge in [0.1, 0.15) is 0 Å². The average molecular weight is 242 g/mol. The lowest BCUT2D eigenvalue weighted by molar-refractivity contribution is -0.129. The van der Waals surface area contributed by atoms with Gasteiger partial charge in [0, 0.05) is 18.5 Å². The Morgan fingerprint density at radius 2 is 1.78 bits per heavy atom. The van der Waals surface area contributed by atoms with Gasteiger partial charge in [0.15, 0.2) is 11.5 Å². The molecule has 0 bridgehead atoms. The molecule has 0 radical (unpaired) electrons. The van der Waals surface area contributed by atoms with Crippen molar-refractivity contribution in [1.82, 2.24) is 9.97 Å². The molecule has 0 fully saturated rings. The highest BCUT2D eigenvalue weighted by molar-refractivity contribution is 5.83. The fourth-order valence-corrected chi connectivity index (χ4v) is 1.21. The van der Waals surface area contributed by atoms with E-state index < -0.39 is 5.97 Å². The molecule has 18 heavy (non-hydrogen) atoms. The SMILES string of the molecule is C=CC(=O)Oc1ccccc1Oc1ncccn1. The number of rotatable bonds is 4. The molecule has 1 heterocycles. The van der Waals surface area contributed by atoms with Crippen LogP contribution >= 0.6 is 0 Å². The zero-order valence-electron chi connectivity index (χ0n) is 9.45. The predicted molar refractivity (Wildman–Crippen MR) is 64.4 cm³/mol. The molecule has 0 aliphatic heterocycles. The second kappa shape index (κ2) is 5.58. The van der Waals surface area contributed by atoms with Crippen molar-refractivity contribution < 1.29 is 14.3 Å². The first-order valence-electron chi connectivity index (χ1n) is 5.18. The second-order valence-corrected chi connectivity index (χ2v) is 3.21. The van der Waals surface area contributed by atoms with Gasteiger partial charge >= 0.3 is 12.0 Å². The summed E-state index contributed by atoms with van der Waals surface area (Å²) in [5, 5.41) is 0. The van der Waals surface area contributed by atoms with Crippen molar-refractivity contribution in [3.63, 3.8) is 0 Å². The molecule has 90 valence electrons. The number of esters is 1. The van der Waals surface area contributed by atoms with Crippen LogP contribution in [0.4, 0.5) is 0 Å². The third-order valence-corrected chi connectivity index (χ3v) is 1.97. The molecule has 1 aromatic carbocycles. The summed E-state index contributed by atoms with van der Waals surface area (Å²) in [5.74, 6) is 0.0915. The van der Waals surface area contributed by atoms with Crippen LogP contribution < -0.4 is 9.47 Å². The number of nitrogens with zero attached hydrogens (tertiary/aromatic N) is 2. The molecule has 0 N–H and O–H groups in total. The first-order chi connectivity index (χ1) is 8.79. The minimum Gasteiger partial charge on any atom is -0.420 e. The number of benzene rings is 1. The van der Waals surface area contributed by atoms with E-state index in [0.29, 0.717) is 5.75 Å². The molecule has 2 aromatic rings. The van der Waals surface area contributed by atoms with E-state index in [9.17, 15) is 4.79 Å². The molecule has 5 heteroatoms. The van der Waals surface area contributed by atoms with Crippen LogP contribution in [-0.4, -0.2) is 15.9 Å². The maximum Gasteiger partial charge on any atom is 0.335 e. The summed E-state index contributed by atoms with van der Waals surface area (Å²) in [6, 6.07) is 8.60. The van der Waals surface area contributed by atoms with E-state index in [1.165, 1.54) is 0 Å². The average Bonchev–Trinajstić information content (AvgIpc) is 2.42. The van der Waals surface area contributed by atoms with Crippen LogP contribution in [0.15, 0.2) is 55.4 Å². The van der Waals surface area contributed by atoms with Crippen LogP contribution in [0, 0.1) is 0 Å². The summed E-state index contributed by atoms with van der Waals surface area (Å²) < 4.78 is 10.5. The molecule has 5 nitrogen and oxygen atoms in total. The lowest BCUT2D eigenvalue weighted by atomic mass is 10.3. The molecule has 1 aromatic heterocycles. The number of carbonyl (C=O) groups is 1. The van der Waals surface area contributed by atoms with Gasteiger partial charge in [-0.25, -0.2) is 14.8 Å². The lowest BCUT2D eigenvalue weighted by Gasteiger charge is -2.08. The van der Waals surface area contributed by atoms with Gasteiger partial charge in [-0.1, -0.05) is 18.7 Å². The van der Waals surface area contributed by atoms with E-state index in [2.05, 4.69) is 16.5 Å². The molecule has 0 unspecified atom stereocenters. The highest BCUT2D eigenvalue weighted by Crippen LogP contribution is 2.29. The van der Waals surface area contributed by atoms with Crippen LogP contribution in [0.2, 0.25) is 0 Å². The van der Waals surface area contributed by atoms with Crippen LogP contribution in [0.3, 0.4) is 0 Å². The van der Waals surface area contributed by atoms with Gasteiger partial charge in [-0.15, -0.1) is 0 Å². The van der Waals surface area contributed by atoms with E-state index in [1.54, 1.807) is 42.7 Å². The summed E-state index contributed by atoms with van der Waals surface area (Å²) in [5.41, 5.74) is 0. The zero-order valence-corrected chi connectivity index (χ0v) is 9.45. The van der Waals surface area contributed by atoms with E-state index in [0.717, 1.165) is 6.08 Å². The Hall–Kier alpha value is -2.69. The van der Waals surface area contributed by atoms with Crippen LogP contribution in [0.5, 0.6) is 17.5 Å². The van der Waals surface area contributed by atoms with Gasteiger partial charge in [0.25, 0.3) is 0 Å². The smallest absolute Gasteiger partial charge is 0.335 e. The van der Waals surface area contributed by atoms with E-state index in [1.807, 2.05) is 0 Å². The van der Waals surface area contributed by atoms with Crippen LogP contribution in [0.25, 0.3) is 0 Å². The number of hydrogen-bond acceptors (Lipinski definition) is 5. The van der Waals surface area contributed by atoms with Gasteiger partial charge in [0.2, 0.25) is 0 Å². The molecule has 0 spiro atoms. The Kier molecular flexibility index (Phi) is 3.66. The van der Waals surface area contributed by atoms with E-state index >= 15 is 0 Å². The van der Waals surface area contributed by atoms with Crippen molar-refractivity contribution in [3.8, 4) is 17.5 Å². The number of hydrogen-bond donors (Lipinski definition) is 0. The molecule has 0 saturated heterocycles. The zero-order chi connectivity index (χ0) is 12.8. The molecule has 0 aliphatic carbocycles. The summed E-state index contributed by atoms with van der Waals surface area (Å²) >= 11 is 0. The van der Waals surface area contributed by atoms with Gasteiger partial charge in [-0.2, -0.15) is 0 Å². The molecule has 0 atom stereocenters. The minimum atomic E-state index is -0.556. The first-order valence-corrected chi connectivity index (χ1v) is 5.18. The standard InChI is InChI=1S/C13H10N2O3/c1-2-12(16)17-10-6-3-4-7-11(10)18-13-14-8-5-9-15-13/h2-9H,1H2. The maximum absolute atomic E-state index is 11.2. The Labute approximate surface area is 104 Å². The summed E-state index contributed by atoms with van der Waals surface area (Å²) in [7, 11) is 0. The Morgan fingerprint density at radius 1 is 1.11 bits per heavy atom. The molecular weight excluding hydrogens is 232 g/mol.